The Hall–Kier alpha value is -1.22. The van der Waals surface area contributed by atoms with Crippen LogP contribution in [0.2, 0.25) is 10.0 Å². The van der Waals surface area contributed by atoms with Crippen LogP contribution in [-0.4, -0.2) is 31.1 Å². The number of halogens is 2. The van der Waals surface area contributed by atoms with Crippen molar-refractivity contribution in [1.29, 1.82) is 0 Å². The van der Waals surface area contributed by atoms with Gasteiger partial charge in [0.15, 0.2) is 0 Å². The summed E-state index contributed by atoms with van der Waals surface area (Å²) in [5.74, 6) is 0. The fraction of sp³-hybridized carbons (Fsp3) is 0.368. The van der Waals surface area contributed by atoms with Crippen molar-refractivity contribution in [2.45, 2.75) is 20.4 Å². The van der Waals surface area contributed by atoms with Gasteiger partial charge in [-0.25, -0.2) is 0 Å². The molecule has 2 aromatic rings. The molecule has 0 aliphatic carbocycles. The molecule has 0 atom stereocenters. The topological polar surface area (TPSA) is 6.48 Å². The summed E-state index contributed by atoms with van der Waals surface area (Å²) in [6.07, 6.45) is 0. The van der Waals surface area contributed by atoms with Crippen LogP contribution < -0.4 is 4.90 Å². The van der Waals surface area contributed by atoms with E-state index < -0.39 is 0 Å². The van der Waals surface area contributed by atoms with Crippen molar-refractivity contribution in [1.82, 2.24) is 4.90 Å². The number of piperazine rings is 1. The summed E-state index contributed by atoms with van der Waals surface area (Å²) in [6, 6.07) is 12.6. The van der Waals surface area contributed by atoms with Crippen LogP contribution in [-0.2, 0) is 6.54 Å². The second-order valence-corrected chi connectivity index (χ2v) is 7.12. The molecule has 0 amide bonds. The maximum atomic E-state index is 6.11. The average molecular weight is 349 g/mol. The molecule has 4 heteroatoms. The van der Waals surface area contributed by atoms with Gasteiger partial charge in [0.2, 0.25) is 0 Å². The van der Waals surface area contributed by atoms with Crippen LogP contribution in [0.1, 0.15) is 16.7 Å². The highest BCUT2D eigenvalue weighted by Gasteiger charge is 2.18. The zero-order chi connectivity index (χ0) is 16.4. The first-order chi connectivity index (χ1) is 11.0. The Morgan fingerprint density at radius 2 is 1.61 bits per heavy atom. The van der Waals surface area contributed by atoms with Crippen molar-refractivity contribution in [3.8, 4) is 0 Å². The van der Waals surface area contributed by atoms with E-state index in [9.17, 15) is 0 Å². The van der Waals surface area contributed by atoms with Gasteiger partial charge in [0.25, 0.3) is 0 Å². The minimum atomic E-state index is 0.621. The quantitative estimate of drug-likeness (QED) is 0.775. The molecule has 1 heterocycles. The highest BCUT2D eigenvalue weighted by molar-refractivity contribution is 6.42. The van der Waals surface area contributed by atoms with Gasteiger partial charge in [-0.2, -0.15) is 0 Å². The van der Waals surface area contributed by atoms with Crippen molar-refractivity contribution in [2.75, 3.05) is 31.1 Å². The molecule has 0 saturated carbocycles. The molecule has 0 spiro atoms. The van der Waals surface area contributed by atoms with Gasteiger partial charge >= 0.3 is 0 Å². The molecule has 0 N–H and O–H groups in total. The summed E-state index contributed by atoms with van der Waals surface area (Å²) < 4.78 is 0. The molecule has 1 fully saturated rings. The molecule has 122 valence electrons. The molecular weight excluding hydrogens is 327 g/mol. The second-order valence-electron chi connectivity index (χ2n) is 6.30. The second kappa shape index (κ2) is 7.12. The fourth-order valence-corrected chi connectivity index (χ4v) is 3.42. The Labute approximate surface area is 148 Å². The number of benzene rings is 2. The Balaban J connectivity index is 1.62. The maximum absolute atomic E-state index is 6.11. The molecule has 1 aliphatic rings. The van der Waals surface area contributed by atoms with Crippen molar-refractivity contribution >= 4 is 28.9 Å². The van der Waals surface area contributed by atoms with Gasteiger partial charge in [-0.1, -0.05) is 41.4 Å². The van der Waals surface area contributed by atoms with Crippen LogP contribution in [0.5, 0.6) is 0 Å². The van der Waals surface area contributed by atoms with Crippen LogP contribution in [0, 0.1) is 13.8 Å². The largest absolute Gasteiger partial charge is 0.369 e. The van der Waals surface area contributed by atoms with Crippen molar-refractivity contribution in [3.05, 3.63) is 63.1 Å². The molecule has 3 rings (SSSR count). The minimum Gasteiger partial charge on any atom is -0.369 e. The van der Waals surface area contributed by atoms with Crippen LogP contribution >= 0.6 is 23.2 Å². The first-order valence-electron chi connectivity index (χ1n) is 8.01. The maximum Gasteiger partial charge on any atom is 0.0595 e. The standard InChI is InChI=1S/C19H22Cl2N2/c1-14-3-4-15(2)19(11-14)23-9-7-22(8-10-23)13-16-5-6-17(20)18(21)12-16/h3-6,11-12H,7-10,13H2,1-2H3. The predicted octanol–water partition coefficient (Wildman–Crippen LogP) is 4.93. The molecule has 0 bridgehead atoms. The number of nitrogens with zero attached hydrogens (tertiary/aromatic N) is 2. The highest BCUT2D eigenvalue weighted by atomic mass is 35.5. The number of hydrogen-bond donors (Lipinski definition) is 0. The van der Waals surface area contributed by atoms with Gasteiger partial charge in [-0.05, 0) is 48.7 Å². The first kappa shape index (κ1) is 16.6. The number of hydrogen-bond acceptors (Lipinski definition) is 2. The van der Waals surface area contributed by atoms with E-state index in [-0.39, 0.29) is 0 Å². The molecule has 0 unspecified atom stereocenters. The SMILES string of the molecule is Cc1ccc(C)c(N2CCN(Cc3ccc(Cl)c(Cl)c3)CC2)c1. The van der Waals surface area contributed by atoms with E-state index in [1.54, 1.807) is 0 Å². The molecule has 1 saturated heterocycles. The van der Waals surface area contributed by atoms with Crippen molar-refractivity contribution < 1.29 is 0 Å². The van der Waals surface area contributed by atoms with Crippen LogP contribution in [0.3, 0.4) is 0 Å². The van der Waals surface area contributed by atoms with Gasteiger partial charge in [-0.15, -0.1) is 0 Å². The monoisotopic (exact) mass is 348 g/mol. The lowest BCUT2D eigenvalue weighted by molar-refractivity contribution is 0.250. The summed E-state index contributed by atoms with van der Waals surface area (Å²) in [6.45, 7) is 9.52. The first-order valence-corrected chi connectivity index (χ1v) is 8.77. The molecule has 0 radical (unpaired) electrons. The van der Waals surface area contributed by atoms with E-state index in [0.29, 0.717) is 10.0 Å². The third-order valence-corrected chi connectivity index (χ3v) is 5.21. The Morgan fingerprint density at radius 3 is 2.30 bits per heavy atom. The molecule has 0 aromatic heterocycles. The molecule has 2 aromatic carbocycles. The number of aryl methyl sites for hydroxylation is 2. The predicted molar refractivity (Wildman–Crippen MR) is 99.9 cm³/mol. The molecule has 1 aliphatic heterocycles. The number of anilines is 1. The van der Waals surface area contributed by atoms with E-state index in [1.165, 1.54) is 22.4 Å². The minimum absolute atomic E-state index is 0.621. The third kappa shape index (κ3) is 4.00. The Bertz CT molecular complexity index is 692. The summed E-state index contributed by atoms with van der Waals surface area (Å²) in [5, 5.41) is 1.26. The van der Waals surface area contributed by atoms with E-state index in [4.69, 9.17) is 23.2 Å². The zero-order valence-corrected chi connectivity index (χ0v) is 15.2. The lowest BCUT2D eigenvalue weighted by Crippen LogP contribution is -2.46. The van der Waals surface area contributed by atoms with Gasteiger partial charge in [0.05, 0.1) is 10.0 Å². The molecular formula is C19H22Cl2N2. The Kier molecular flexibility index (Phi) is 5.15. The van der Waals surface area contributed by atoms with Gasteiger partial charge in [0, 0.05) is 38.4 Å². The van der Waals surface area contributed by atoms with Crippen molar-refractivity contribution in [2.24, 2.45) is 0 Å². The van der Waals surface area contributed by atoms with Crippen LogP contribution in [0.15, 0.2) is 36.4 Å². The smallest absolute Gasteiger partial charge is 0.0595 e. The summed E-state index contributed by atoms with van der Waals surface area (Å²) in [7, 11) is 0. The summed E-state index contributed by atoms with van der Waals surface area (Å²) in [5.41, 5.74) is 5.27. The summed E-state index contributed by atoms with van der Waals surface area (Å²) in [4.78, 5) is 4.97. The molecule has 2 nitrogen and oxygen atoms in total. The zero-order valence-electron chi connectivity index (χ0n) is 13.6. The van der Waals surface area contributed by atoms with Crippen LogP contribution in [0.25, 0.3) is 0 Å². The van der Waals surface area contributed by atoms with Gasteiger partial charge in [-0.3, -0.25) is 4.90 Å². The van der Waals surface area contributed by atoms with E-state index >= 15 is 0 Å². The van der Waals surface area contributed by atoms with E-state index in [1.807, 2.05) is 12.1 Å². The van der Waals surface area contributed by atoms with E-state index in [2.05, 4.69) is 47.9 Å². The fourth-order valence-electron chi connectivity index (χ4n) is 3.10. The lowest BCUT2D eigenvalue weighted by Gasteiger charge is -2.37. The third-order valence-electron chi connectivity index (χ3n) is 4.47. The lowest BCUT2D eigenvalue weighted by atomic mass is 10.1. The average Bonchev–Trinajstić information content (AvgIpc) is 2.54. The van der Waals surface area contributed by atoms with Gasteiger partial charge < -0.3 is 4.90 Å². The Morgan fingerprint density at radius 1 is 0.870 bits per heavy atom. The van der Waals surface area contributed by atoms with E-state index in [0.717, 1.165) is 32.7 Å². The number of rotatable bonds is 3. The van der Waals surface area contributed by atoms with Gasteiger partial charge in [0.1, 0.15) is 0 Å². The summed E-state index contributed by atoms with van der Waals surface area (Å²) >= 11 is 12.1. The van der Waals surface area contributed by atoms with Crippen molar-refractivity contribution in [3.63, 3.8) is 0 Å². The normalized spacial score (nSPS) is 15.9. The highest BCUT2D eigenvalue weighted by Crippen LogP contribution is 2.25. The molecule has 23 heavy (non-hydrogen) atoms. The van der Waals surface area contributed by atoms with Crippen LogP contribution in [0.4, 0.5) is 5.69 Å².